The van der Waals surface area contributed by atoms with Gasteiger partial charge in [-0.05, 0) is 36.8 Å². The number of piperazine rings is 1. The maximum absolute atomic E-state index is 10.4. The molecule has 0 atom stereocenters. The molecular weight excluding hydrogens is 445 g/mol. The van der Waals surface area contributed by atoms with E-state index in [-0.39, 0.29) is 5.75 Å². The van der Waals surface area contributed by atoms with Crippen LogP contribution in [0.5, 0.6) is 5.75 Å². The predicted molar refractivity (Wildman–Crippen MR) is 130 cm³/mol. The van der Waals surface area contributed by atoms with Gasteiger partial charge in [0.2, 0.25) is 0 Å². The summed E-state index contributed by atoms with van der Waals surface area (Å²) in [7, 11) is 0. The molecule has 4 aromatic rings. The second kappa shape index (κ2) is 8.45. The van der Waals surface area contributed by atoms with Crippen molar-refractivity contribution in [2.24, 2.45) is 0 Å². The molecule has 3 heterocycles. The van der Waals surface area contributed by atoms with Crippen LogP contribution in [0.4, 0.5) is 11.5 Å². The zero-order valence-corrected chi connectivity index (χ0v) is 19.0. The Balaban J connectivity index is 1.52. The normalized spacial score (nSPS) is 14.2. The number of phenols is 1. The van der Waals surface area contributed by atoms with Crippen molar-refractivity contribution < 1.29 is 5.11 Å². The molecule has 0 bridgehead atoms. The lowest BCUT2D eigenvalue weighted by Gasteiger charge is -2.37. The summed E-state index contributed by atoms with van der Waals surface area (Å²) in [6, 6.07) is 13.3. The fourth-order valence-corrected chi connectivity index (χ4v) is 4.70. The van der Waals surface area contributed by atoms with Crippen LogP contribution in [0.2, 0.25) is 10.0 Å². The summed E-state index contributed by atoms with van der Waals surface area (Å²) in [5, 5.41) is 12.5. The molecular formula is C24H21Cl2N5O. The Hall–Kier alpha value is -3.09. The van der Waals surface area contributed by atoms with Gasteiger partial charge in [-0.2, -0.15) is 0 Å². The van der Waals surface area contributed by atoms with Gasteiger partial charge in [-0.15, -0.1) is 0 Å². The summed E-state index contributed by atoms with van der Waals surface area (Å²) in [4.78, 5) is 18.1. The van der Waals surface area contributed by atoms with Crippen molar-refractivity contribution in [3.8, 4) is 17.1 Å². The van der Waals surface area contributed by atoms with Crippen LogP contribution in [0.3, 0.4) is 0 Å². The maximum Gasteiger partial charge on any atom is 0.165 e. The maximum atomic E-state index is 10.4. The molecule has 1 N–H and O–H groups in total. The van der Waals surface area contributed by atoms with Crippen LogP contribution >= 0.6 is 23.2 Å². The fraction of sp³-hybridized carbons (Fsp3) is 0.208. The van der Waals surface area contributed by atoms with E-state index in [4.69, 9.17) is 33.2 Å². The summed E-state index contributed by atoms with van der Waals surface area (Å²) in [5.41, 5.74) is 3.42. The Bertz CT molecular complexity index is 1280. The number of anilines is 2. The number of phenolic OH excluding ortho intramolecular Hbond substituents is 1. The first kappa shape index (κ1) is 20.8. The van der Waals surface area contributed by atoms with E-state index in [1.807, 2.05) is 19.1 Å². The fourth-order valence-electron chi connectivity index (χ4n) is 4.10. The molecule has 8 heteroatoms. The van der Waals surface area contributed by atoms with Gasteiger partial charge in [0, 0.05) is 44.0 Å². The molecule has 32 heavy (non-hydrogen) atoms. The van der Waals surface area contributed by atoms with Gasteiger partial charge in [0.05, 0.1) is 26.8 Å². The van der Waals surface area contributed by atoms with Gasteiger partial charge in [0.15, 0.2) is 5.82 Å². The molecule has 0 radical (unpaired) electrons. The van der Waals surface area contributed by atoms with Gasteiger partial charge in [-0.25, -0.2) is 9.97 Å². The van der Waals surface area contributed by atoms with Gasteiger partial charge in [-0.3, -0.25) is 4.98 Å². The number of pyridine rings is 1. The first-order valence-corrected chi connectivity index (χ1v) is 11.1. The van der Waals surface area contributed by atoms with E-state index in [2.05, 4.69) is 33.0 Å². The van der Waals surface area contributed by atoms with E-state index in [1.54, 1.807) is 24.5 Å². The minimum absolute atomic E-state index is 0.164. The van der Waals surface area contributed by atoms with Gasteiger partial charge in [0.25, 0.3) is 0 Å². The highest BCUT2D eigenvalue weighted by Gasteiger charge is 2.24. The van der Waals surface area contributed by atoms with Crippen LogP contribution < -0.4 is 9.80 Å². The first-order chi connectivity index (χ1) is 15.5. The van der Waals surface area contributed by atoms with Crippen LogP contribution in [-0.2, 0) is 0 Å². The quantitative estimate of drug-likeness (QED) is 0.440. The topological polar surface area (TPSA) is 65.4 Å². The Kier molecular flexibility index (Phi) is 5.49. The molecule has 1 aliphatic rings. The molecule has 1 aliphatic heterocycles. The molecule has 0 saturated carbocycles. The van der Waals surface area contributed by atoms with Crippen molar-refractivity contribution in [2.75, 3.05) is 36.0 Å². The number of aromatic hydroxyl groups is 1. The van der Waals surface area contributed by atoms with E-state index in [9.17, 15) is 5.11 Å². The number of fused-ring (bicyclic) bond motifs is 1. The zero-order chi connectivity index (χ0) is 22.2. The molecule has 0 aliphatic carbocycles. The van der Waals surface area contributed by atoms with Crippen molar-refractivity contribution in [3.63, 3.8) is 0 Å². The second-order valence-electron chi connectivity index (χ2n) is 7.83. The van der Waals surface area contributed by atoms with Gasteiger partial charge < -0.3 is 14.9 Å². The third-order valence-electron chi connectivity index (χ3n) is 5.70. The molecule has 5 rings (SSSR count). The number of hydrogen-bond acceptors (Lipinski definition) is 6. The predicted octanol–water partition coefficient (Wildman–Crippen LogP) is 5.34. The smallest absolute Gasteiger partial charge is 0.165 e. The van der Waals surface area contributed by atoms with Crippen LogP contribution in [0.25, 0.3) is 22.3 Å². The molecule has 1 saturated heterocycles. The van der Waals surface area contributed by atoms with Crippen molar-refractivity contribution in [1.82, 2.24) is 15.0 Å². The minimum Gasteiger partial charge on any atom is -0.507 e. The Morgan fingerprint density at radius 2 is 1.56 bits per heavy atom. The van der Waals surface area contributed by atoms with Crippen molar-refractivity contribution >= 4 is 45.6 Å². The van der Waals surface area contributed by atoms with Crippen molar-refractivity contribution in [1.29, 1.82) is 0 Å². The summed E-state index contributed by atoms with van der Waals surface area (Å²) in [5.74, 6) is 1.54. The lowest BCUT2D eigenvalue weighted by Crippen LogP contribution is -2.47. The number of benzene rings is 2. The number of rotatable bonds is 3. The van der Waals surface area contributed by atoms with Crippen LogP contribution in [0.1, 0.15) is 5.56 Å². The molecule has 2 aromatic carbocycles. The van der Waals surface area contributed by atoms with Gasteiger partial charge in [0.1, 0.15) is 11.6 Å². The highest BCUT2D eigenvalue weighted by molar-refractivity contribution is 6.38. The van der Waals surface area contributed by atoms with Crippen LogP contribution in [0.15, 0.2) is 54.9 Å². The highest BCUT2D eigenvalue weighted by atomic mass is 35.5. The van der Waals surface area contributed by atoms with Crippen LogP contribution in [0, 0.1) is 6.92 Å². The summed E-state index contributed by atoms with van der Waals surface area (Å²) in [6.45, 7) is 5.02. The Morgan fingerprint density at radius 1 is 0.875 bits per heavy atom. The summed E-state index contributed by atoms with van der Waals surface area (Å²) < 4.78 is 0. The number of halogens is 2. The molecule has 6 nitrogen and oxygen atoms in total. The molecule has 0 amide bonds. The van der Waals surface area contributed by atoms with E-state index in [1.165, 1.54) is 0 Å². The summed E-state index contributed by atoms with van der Waals surface area (Å²) >= 11 is 12.7. The second-order valence-corrected chi connectivity index (χ2v) is 8.65. The minimum atomic E-state index is 0.164. The zero-order valence-electron chi connectivity index (χ0n) is 17.5. The molecule has 0 spiro atoms. The first-order valence-electron chi connectivity index (χ1n) is 10.4. The molecule has 162 valence electrons. The molecule has 1 fully saturated rings. The van der Waals surface area contributed by atoms with E-state index < -0.39 is 0 Å². The van der Waals surface area contributed by atoms with E-state index >= 15 is 0 Å². The van der Waals surface area contributed by atoms with E-state index in [0.717, 1.165) is 54.2 Å². The monoisotopic (exact) mass is 465 g/mol. The molecule has 2 aromatic heterocycles. The van der Waals surface area contributed by atoms with Gasteiger partial charge >= 0.3 is 0 Å². The number of para-hydroxylation sites is 1. The highest BCUT2D eigenvalue weighted by Crippen LogP contribution is 2.35. The number of aromatic nitrogens is 3. The van der Waals surface area contributed by atoms with Crippen LogP contribution in [-0.4, -0.2) is 46.2 Å². The van der Waals surface area contributed by atoms with E-state index in [0.29, 0.717) is 21.4 Å². The number of hydrogen-bond donors (Lipinski definition) is 1. The third-order valence-corrected chi connectivity index (χ3v) is 6.25. The lowest BCUT2D eigenvalue weighted by atomic mass is 10.1. The van der Waals surface area contributed by atoms with Gasteiger partial charge in [-0.1, -0.05) is 41.4 Å². The largest absolute Gasteiger partial charge is 0.507 e. The number of aryl methyl sites for hydroxylation is 1. The molecule has 0 unspecified atom stereocenters. The Labute approximate surface area is 196 Å². The number of nitrogens with zero attached hydrogens (tertiary/aromatic N) is 5. The summed E-state index contributed by atoms with van der Waals surface area (Å²) in [6.07, 6.45) is 3.24. The van der Waals surface area contributed by atoms with Crippen molar-refractivity contribution in [3.05, 3.63) is 70.5 Å². The average Bonchev–Trinajstić information content (AvgIpc) is 2.79. The SMILES string of the molecule is Cc1ccc2c(N3CCN(c4c(Cl)cncc4Cl)CC3)nc(-c3ccccc3O)nc2c1. The lowest BCUT2D eigenvalue weighted by molar-refractivity contribution is 0.477. The Morgan fingerprint density at radius 3 is 2.28 bits per heavy atom. The standard InChI is InChI=1S/C24H21Cl2N5O/c1-15-6-7-16-20(12-15)28-23(17-4-2-3-5-21(17)32)29-24(16)31-10-8-30(9-11-31)22-18(25)13-27-14-19(22)26/h2-7,12-14,32H,8-11H2,1H3. The van der Waals surface area contributed by atoms with Crippen molar-refractivity contribution in [2.45, 2.75) is 6.92 Å². The third kappa shape index (κ3) is 3.80. The average molecular weight is 466 g/mol.